The van der Waals surface area contributed by atoms with Crippen molar-refractivity contribution in [3.63, 3.8) is 0 Å². The van der Waals surface area contributed by atoms with Crippen LogP contribution in [0.4, 0.5) is 5.69 Å². The Hall–Kier alpha value is -2.89. The van der Waals surface area contributed by atoms with Gasteiger partial charge in [0.25, 0.3) is 0 Å². The van der Waals surface area contributed by atoms with E-state index in [-0.39, 0.29) is 6.54 Å². The number of hydrogen-bond acceptors (Lipinski definition) is 4. The Morgan fingerprint density at radius 3 is 2.57 bits per heavy atom. The molecule has 0 saturated carbocycles. The van der Waals surface area contributed by atoms with E-state index in [2.05, 4.69) is 15.6 Å². The number of amides is 2. The molecule has 2 rings (SSSR count). The molecule has 23 heavy (non-hydrogen) atoms. The van der Waals surface area contributed by atoms with Gasteiger partial charge >= 0.3 is 11.8 Å². The average molecular weight is 313 g/mol. The fourth-order valence-corrected chi connectivity index (χ4v) is 1.81. The standard InChI is InChI=1S/C17H19N3O3/c1-2-10-23-15-7-5-14(6-8-15)20-17(22)16(21)19-12-13-4-3-9-18-11-13/h3-9,11H,2,10,12H2,1H3,(H,19,21)(H,20,22). The molecule has 2 N–H and O–H groups in total. The van der Waals surface area contributed by atoms with Gasteiger partial charge in [-0.15, -0.1) is 0 Å². The van der Waals surface area contributed by atoms with Crippen molar-refractivity contribution >= 4 is 17.5 Å². The summed E-state index contributed by atoms with van der Waals surface area (Å²) in [5.41, 5.74) is 1.36. The molecule has 0 aliphatic heterocycles. The van der Waals surface area contributed by atoms with Crippen LogP contribution in [0.25, 0.3) is 0 Å². The summed E-state index contributed by atoms with van der Waals surface area (Å²) in [6.45, 7) is 2.92. The van der Waals surface area contributed by atoms with E-state index in [4.69, 9.17) is 4.74 Å². The second-order valence-corrected chi connectivity index (χ2v) is 4.87. The van der Waals surface area contributed by atoms with E-state index in [1.807, 2.05) is 13.0 Å². The molecule has 0 radical (unpaired) electrons. The zero-order chi connectivity index (χ0) is 16.5. The topological polar surface area (TPSA) is 80.3 Å². The zero-order valence-electron chi connectivity index (χ0n) is 12.9. The first-order chi connectivity index (χ1) is 11.2. The Labute approximate surface area is 134 Å². The molecule has 2 amide bonds. The van der Waals surface area contributed by atoms with Crippen LogP contribution in [0.2, 0.25) is 0 Å². The first kappa shape index (κ1) is 16.5. The first-order valence-corrected chi connectivity index (χ1v) is 7.40. The summed E-state index contributed by atoms with van der Waals surface area (Å²) in [5, 5.41) is 5.08. The lowest BCUT2D eigenvalue weighted by molar-refractivity contribution is -0.136. The number of anilines is 1. The van der Waals surface area contributed by atoms with Crippen LogP contribution in [-0.4, -0.2) is 23.4 Å². The molecule has 0 spiro atoms. The summed E-state index contributed by atoms with van der Waals surface area (Å²) in [6.07, 6.45) is 4.20. The van der Waals surface area contributed by atoms with E-state index in [9.17, 15) is 9.59 Å². The van der Waals surface area contributed by atoms with Gasteiger partial charge in [0.1, 0.15) is 5.75 Å². The van der Waals surface area contributed by atoms with Crippen LogP contribution < -0.4 is 15.4 Å². The number of carbonyl (C=O) groups excluding carboxylic acids is 2. The molecular formula is C17H19N3O3. The number of aromatic nitrogens is 1. The van der Waals surface area contributed by atoms with Crippen LogP contribution in [0.1, 0.15) is 18.9 Å². The molecule has 0 saturated heterocycles. The van der Waals surface area contributed by atoms with Gasteiger partial charge in [0, 0.05) is 24.6 Å². The largest absolute Gasteiger partial charge is 0.494 e. The maximum atomic E-state index is 11.8. The molecule has 1 aromatic heterocycles. The van der Waals surface area contributed by atoms with Crippen LogP contribution in [0.5, 0.6) is 5.75 Å². The highest BCUT2D eigenvalue weighted by Gasteiger charge is 2.13. The second-order valence-electron chi connectivity index (χ2n) is 4.87. The predicted molar refractivity (Wildman–Crippen MR) is 86.9 cm³/mol. The second kappa shape index (κ2) is 8.53. The lowest BCUT2D eigenvalue weighted by atomic mass is 10.3. The van der Waals surface area contributed by atoms with Crippen molar-refractivity contribution in [2.45, 2.75) is 19.9 Å². The lowest BCUT2D eigenvalue weighted by Crippen LogP contribution is -2.34. The normalized spacial score (nSPS) is 9.96. The van der Waals surface area contributed by atoms with Crippen LogP contribution in [0.15, 0.2) is 48.8 Å². The van der Waals surface area contributed by atoms with Crippen molar-refractivity contribution in [2.24, 2.45) is 0 Å². The zero-order valence-corrected chi connectivity index (χ0v) is 12.9. The number of nitrogens with zero attached hydrogens (tertiary/aromatic N) is 1. The summed E-state index contributed by atoms with van der Waals surface area (Å²) in [5.74, 6) is -0.679. The molecule has 0 atom stereocenters. The summed E-state index contributed by atoms with van der Waals surface area (Å²) < 4.78 is 5.45. The minimum atomic E-state index is -0.712. The highest BCUT2D eigenvalue weighted by Crippen LogP contribution is 2.15. The van der Waals surface area contributed by atoms with Crippen molar-refractivity contribution in [2.75, 3.05) is 11.9 Å². The quantitative estimate of drug-likeness (QED) is 0.801. The minimum absolute atomic E-state index is 0.254. The molecule has 0 unspecified atom stereocenters. The molecule has 1 aromatic carbocycles. The summed E-state index contributed by atoms with van der Waals surface area (Å²) in [4.78, 5) is 27.5. The molecule has 6 heteroatoms. The van der Waals surface area contributed by atoms with Crippen molar-refractivity contribution < 1.29 is 14.3 Å². The van der Waals surface area contributed by atoms with Crippen LogP contribution in [0, 0.1) is 0 Å². The third-order valence-electron chi connectivity index (χ3n) is 2.97. The van der Waals surface area contributed by atoms with Crippen molar-refractivity contribution in [3.05, 3.63) is 54.4 Å². The predicted octanol–water partition coefficient (Wildman–Crippen LogP) is 2.13. The molecule has 0 aliphatic rings. The monoisotopic (exact) mass is 313 g/mol. The molecule has 6 nitrogen and oxygen atoms in total. The summed E-state index contributed by atoms with van der Waals surface area (Å²) in [7, 11) is 0. The molecule has 0 aliphatic carbocycles. The number of carbonyl (C=O) groups is 2. The smallest absolute Gasteiger partial charge is 0.313 e. The fourth-order valence-electron chi connectivity index (χ4n) is 1.81. The Bertz CT molecular complexity index is 642. The first-order valence-electron chi connectivity index (χ1n) is 7.40. The SMILES string of the molecule is CCCOc1ccc(NC(=O)C(=O)NCc2cccnc2)cc1. The van der Waals surface area contributed by atoms with Gasteiger partial charge in [-0.1, -0.05) is 13.0 Å². The fraction of sp³-hybridized carbons (Fsp3) is 0.235. The number of benzene rings is 1. The van der Waals surface area contributed by atoms with E-state index >= 15 is 0 Å². The molecule has 1 heterocycles. The molecule has 2 aromatic rings. The molecular weight excluding hydrogens is 294 g/mol. The Kier molecular flexibility index (Phi) is 6.11. The van der Waals surface area contributed by atoms with Crippen LogP contribution >= 0.6 is 0 Å². The summed E-state index contributed by atoms with van der Waals surface area (Å²) in [6, 6.07) is 10.5. The number of rotatable bonds is 6. The van der Waals surface area contributed by atoms with Gasteiger partial charge in [-0.3, -0.25) is 14.6 Å². The minimum Gasteiger partial charge on any atom is -0.494 e. The Morgan fingerprint density at radius 1 is 1.13 bits per heavy atom. The van der Waals surface area contributed by atoms with Crippen molar-refractivity contribution in [1.82, 2.24) is 10.3 Å². The molecule has 120 valence electrons. The van der Waals surface area contributed by atoms with E-state index in [1.54, 1.807) is 42.7 Å². The van der Waals surface area contributed by atoms with Gasteiger partial charge in [0.05, 0.1) is 6.61 Å². The highest BCUT2D eigenvalue weighted by atomic mass is 16.5. The third kappa shape index (κ3) is 5.43. The Balaban J connectivity index is 1.82. The lowest BCUT2D eigenvalue weighted by Gasteiger charge is -2.08. The van der Waals surface area contributed by atoms with Crippen molar-refractivity contribution in [3.8, 4) is 5.75 Å². The van der Waals surface area contributed by atoms with Gasteiger partial charge in [-0.25, -0.2) is 0 Å². The Morgan fingerprint density at radius 2 is 1.91 bits per heavy atom. The number of nitrogens with one attached hydrogen (secondary N) is 2. The van der Waals surface area contributed by atoms with Gasteiger partial charge in [-0.05, 0) is 42.3 Å². The molecule has 0 bridgehead atoms. The highest BCUT2D eigenvalue weighted by molar-refractivity contribution is 6.39. The summed E-state index contributed by atoms with van der Waals surface area (Å²) >= 11 is 0. The maximum Gasteiger partial charge on any atom is 0.313 e. The van der Waals surface area contributed by atoms with Gasteiger partial charge in [0.2, 0.25) is 0 Å². The number of ether oxygens (including phenoxy) is 1. The average Bonchev–Trinajstić information content (AvgIpc) is 2.60. The van der Waals surface area contributed by atoms with E-state index in [0.717, 1.165) is 17.7 Å². The van der Waals surface area contributed by atoms with Crippen LogP contribution in [0.3, 0.4) is 0 Å². The van der Waals surface area contributed by atoms with E-state index in [0.29, 0.717) is 12.3 Å². The number of pyridine rings is 1. The van der Waals surface area contributed by atoms with Gasteiger partial charge < -0.3 is 15.4 Å². The van der Waals surface area contributed by atoms with Gasteiger partial charge in [-0.2, -0.15) is 0 Å². The van der Waals surface area contributed by atoms with E-state index < -0.39 is 11.8 Å². The van der Waals surface area contributed by atoms with Crippen molar-refractivity contribution in [1.29, 1.82) is 0 Å². The van der Waals surface area contributed by atoms with E-state index in [1.165, 1.54) is 0 Å². The van der Waals surface area contributed by atoms with Gasteiger partial charge in [0.15, 0.2) is 0 Å². The molecule has 0 fully saturated rings. The van der Waals surface area contributed by atoms with Crippen LogP contribution in [-0.2, 0) is 16.1 Å². The number of hydrogen-bond donors (Lipinski definition) is 2. The maximum absolute atomic E-state index is 11.8. The third-order valence-corrected chi connectivity index (χ3v) is 2.97.